The molecule has 0 aliphatic heterocycles. The molecule has 0 aliphatic carbocycles. The van der Waals surface area contributed by atoms with Gasteiger partial charge in [-0.15, -0.1) is 11.3 Å². The van der Waals surface area contributed by atoms with E-state index in [-0.39, 0.29) is 0 Å². The van der Waals surface area contributed by atoms with Crippen LogP contribution in [0.4, 0.5) is 0 Å². The van der Waals surface area contributed by atoms with Gasteiger partial charge in [-0.2, -0.15) is 0 Å². The van der Waals surface area contributed by atoms with E-state index in [2.05, 4.69) is 46.7 Å². The van der Waals surface area contributed by atoms with Gasteiger partial charge in [0.15, 0.2) is 0 Å². The number of hydrogen-bond acceptors (Lipinski definition) is 2. The Balaban J connectivity index is 1.98. The van der Waals surface area contributed by atoms with Crippen LogP contribution in [0.3, 0.4) is 0 Å². The molecule has 0 amide bonds. The van der Waals surface area contributed by atoms with Crippen molar-refractivity contribution in [1.82, 2.24) is 5.32 Å². The number of hydrogen-bond donors (Lipinski definition) is 1. The number of nitrogens with one attached hydrogen (secondary N) is 1. The topological polar surface area (TPSA) is 12.0 Å². The molecule has 1 aromatic rings. The van der Waals surface area contributed by atoms with Crippen molar-refractivity contribution in [3.8, 4) is 0 Å². The van der Waals surface area contributed by atoms with Gasteiger partial charge in [0.05, 0.1) is 0 Å². The maximum Gasteiger partial charge on any atom is 0.0412 e. The lowest BCUT2D eigenvalue weighted by Gasteiger charge is -2.14. The lowest BCUT2D eigenvalue weighted by Crippen LogP contribution is -2.14. The van der Waals surface area contributed by atoms with E-state index in [0.29, 0.717) is 6.04 Å². The summed E-state index contributed by atoms with van der Waals surface area (Å²) in [5.41, 5.74) is 0. The molecule has 1 rings (SSSR count). The van der Waals surface area contributed by atoms with Crippen molar-refractivity contribution >= 4 is 27.3 Å². The van der Waals surface area contributed by atoms with Gasteiger partial charge in [-0.1, -0.05) is 71.1 Å². The maximum atomic E-state index is 3.54. The highest BCUT2D eigenvalue weighted by Crippen LogP contribution is 2.28. The van der Waals surface area contributed by atoms with E-state index < -0.39 is 0 Å². The van der Waals surface area contributed by atoms with E-state index in [9.17, 15) is 0 Å². The minimum absolute atomic E-state index is 0.537. The normalized spacial score (nSPS) is 12.7. The SMILES string of the molecule is CCCCCCCCCCCCC(NC)c1cc(Br)cs1. The maximum absolute atomic E-state index is 3.54. The Morgan fingerprint density at radius 3 is 2.05 bits per heavy atom. The monoisotopic (exact) mass is 373 g/mol. The van der Waals surface area contributed by atoms with Crippen LogP contribution in [-0.4, -0.2) is 7.05 Å². The highest BCUT2D eigenvalue weighted by molar-refractivity contribution is 9.10. The molecule has 1 unspecified atom stereocenters. The largest absolute Gasteiger partial charge is 0.312 e. The van der Waals surface area contributed by atoms with Crippen molar-refractivity contribution in [2.75, 3.05) is 7.05 Å². The molecule has 0 aromatic carbocycles. The number of unbranched alkanes of at least 4 members (excludes halogenated alkanes) is 9. The first-order chi connectivity index (χ1) is 10.3. The minimum atomic E-state index is 0.537. The van der Waals surface area contributed by atoms with Crippen LogP contribution >= 0.6 is 27.3 Å². The van der Waals surface area contributed by atoms with Crippen molar-refractivity contribution in [2.45, 2.75) is 83.6 Å². The molecule has 0 spiro atoms. The summed E-state index contributed by atoms with van der Waals surface area (Å²) in [7, 11) is 2.08. The van der Waals surface area contributed by atoms with Crippen LogP contribution in [0.2, 0.25) is 0 Å². The third kappa shape index (κ3) is 9.00. The Morgan fingerprint density at radius 2 is 1.57 bits per heavy atom. The molecule has 0 bridgehead atoms. The summed E-state index contributed by atoms with van der Waals surface area (Å²) in [5, 5.41) is 5.63. The van der Waals surface area contributed by atoms with Gasteiger partial charge in [0.2, 0.25) is 0 Å². The molecule has 1 nitrogen and oxygen atoms in total. The molecule has 0 saturated heterocycles. The average Bonchev–Trinajstić information content (AvgIpc) is 2.91. The van der Waals surface area contributed by atoms with Gasteiger partial charge in [-0.3, -0.25) is 0 Å². The fourth-order valence-electron chi connectivity index (χ4n) is 2.78. The number of thiophene rings is 1. The summed E-state index contributed by atoms with van der Waals surface area (Å²) in [5.74, 6) is 0. The van der Waals surface area contributed by atoms with Crippen molar-refractivity contribution in [3.05, 3.63) is 20.8 Å². The summed E-state index contributed by atoms with van der Waals surface area (Å²) in [4.78, 5) is 1.46. The first-order valence-electron chi connectivity index (χ1n) is 8.69. The van der Waals surface area contributed by atoms with Crippen molar-refractivity contribution in [2.24, 2.45) is 0 Å². The zero-order chi connectivity index (χ0) is 15.3. The fourth-order valence-corrected chi connectivity index (χ4v) is 4.37. The van der Waals surface area contributed by atoms with Crippen LogP contribution in [0.15, 0.2) is 15.9 Å². The van der Waals surface area contributed by atoms with Gasteiger partial charge in [0.25, 0.3) is 0 Å². The van der Waals surface area contributed by atoms with E-state index in [1.165, 1.54) is 80.0 Å². The average molecular weight is 374 g/mol. The molecule has 0 fully saturated rings. The van der Waals surface area contributed by atoms with Crippen molar-refractivity contribution in [3.63, 3.8) is 0 Å². The molecular formula is C18H32BrNS. The molecule has 0 saturated carbocycles. The number of rotatable bonds is 13. The van der Waals surface area contributed by atoms with E-state index in [0.717, 1.165) is 0 Å². The van der Waals surface area contributed by atoms with Gasteiger partial charge in [-0.05, 0) is 35.5 Å². The Hall–Kier alpha value is 0.140. The molecule has 1 N–H and O–H groups in total. The van der Waals surface area contributed by atoms with Crippen LogP contribution in [0.25, 0.3) is 0 Å². The molecular weight excluding hydrogens is 342 g/mol. The van der Waals surface area contributed by atoms with E-state index >= 15 is 0 Å². The zero-order valence-electron chi connectivity index (χ0n) is 13.8. The molecule has 3 heteroatoms. The zero-order valence-corrected chi connectivity index (χ0v) is 16.2. The summed E-state index contributed by atoms with van der Waals surface area (Å²) in [6.45, 7) is 2.29. The van der Waals surface area contributed by atoms with Crippen molar-refractivity contribution in [1.29, 1.82) is 0 Å². The van der Waals surface area contributed by atoms with Crippen LogP contribution in [0.5, 0.6) is 0 Å². The first kappa shape index (κ1) is 19.2. The third-order valence-corrected chi connectivity index (χ3v) is 5.93. The first-order valence-corrected chi connectivity index (χ1v) is 10.4. The standard InChI is InChI=1S/C18H32BrNS/c1-3-4-5-6-7-8-9-10-11-12-13-17(20-2)18-14-16(19)15-21-18/h14-15,17,20H,3-13H2,1-2H3. The molecule has 0 radical (unpaired) electrons. The summed E-state index contributed by atoms with van der Waals surface area (Å²) >= 11 is 5.40. The highest BCUT2D eigenvalue weighted by atomic mass is 79.9. The molecule has 0 aliphatic rings. The van der Waals surface area contributed by atoms with Gasteiger partial charge in [0.1, 0.15) is 0 Å². The summed E-state index contributed by atoms with van der Waals surface area (Å²) in [6.07, 6.45) is 15.4. The third-order valence-electron chi connectivity index (χ3n) is 4.13. The lowest BCUT2D eigenvalue weighted by atomic mass is 10.0. The second-order valence-electron chi connectivity index (χ2n) is 5.98. The van der Waals surface area contributed by atoms with Gasteiger partial charge >= 0.3 is 0 Å². The van der Waals surface area contributed by atoms with Crippen LogP contribution in [0.1, 0.15) is 88.5 Å². The molecule has 21 heavy (non-hydrogen) atoms. The minimum Gasteiger partial charge on any atom is -0.312 e. The summed E-state index contributed by atoms with van der Waals surface area (Å²) in [6, 6.07) is 2.79. The van der Waals surface area contributed by atoms with E-state index in [1.54, 1.807) is 0 Å². The smallest absolute Gasteiger partial charge is 0.0412 e. The Kier molecular flexibility index (Phi) is 11.6. The predicted molar refractivity (Wildman–Crippen MR) is 100 cm³/mol. The Labute approximate surface area is 144 Å². The van der Waals surface area contributed by atoms with Gasteiger partial charge in [-0.25, -0.2) is 0 Å². The van der Waals surface area contributed by atoms with Crippen LogP contribution < -0.4 is 5.32 Å². The Morgan fingerprint density at radius 1 is 1.00 bits per heavy atom. The van der Waals surface area contributed by atoms with Crippen LogP contribution in [-0.2, 0) is 0 Å². The highest BCUT2D eigenvalue weighted by Gasteiger charge is 2.10. The quantitative estimate of drug-likeness (QED) is 0.364. The molecule has 1 aromatic heterocycles. The van der Waals surface area contributed by atoms with Gasteiger partial charge < -0.3 is 5.32 Å². The second kappa shape index (κ2) is 12.7. The lowest BCUT2D eigenvalue weighted by molar-refractivity contribution is 0.497. The molecule has 1 heterocycles. The molecule has 1 atom stereocenters. The molecule has 122 valence electrons. The second-order valence-corrected chi connectivity index (χ2v) is 7.84. The van der Waals surface area contributed by atoms with Crippen LogP contribution in [0, 0.1) is 0 Å². The van der Waals surface area contributed by atoms with E-state index in [4.69, 9.17) is 0 Å². The van der Waals surface area contributed by atoms with Crippen molar-refractivity contribution < 1.29 is 0 Å². The Bertz CT molecular complexity index is 351. The summed E-state index contributed by atoms with van der Waals surface area (Å²) < 4.78 is 1.21. The van der Waals surface area contributed by atoms with E-state index in [1.807, 2.05) is 11.3 Å². The predicted octanol–water partition coefficient (Wildman–Crippen LogP) is 7.08. The fraction of sp³-hybridized carbons (Fsp3) is 0.778. The van der Waals surface area contributed by atoms with Gasteiger partial charge in [0, 0.05) is 20.8 Å². The number of halogens is 1.